The second-order valence-electron chi connectivity index (χ2n) is 5.20. The van der Waals surface area contributed by atoms with Gasteiger partial charge in [0.1, 0.15) is 5.75 Å². The molecule has 0 radical (unpaired) electrons. The Kier molecular flexibility index (Phi) is 3.27. The van der Waals surface area contributed by atoms with Gasteiger partial charge in [-0.2, -0.15) is 0 Å². The van der Waals surface area contributed by atoms with Gasteiger partial charge in [0.05, 0.1) is 19.8 Å². The number of hydrogen-bond donors (Lipinski definition) is 0. The van der Waals surface area contributed by atoms with Crippen LogP contribution in [-0.2, 0) is 15.9 Å². The Morgan fingerprint density at radius 3 is 3.11 bits per heavy atom. The van der Waals surface area contributed by atoms with E-state index in [0.717, 1.165) is 44.5 Å². The molecule has 18 heavy (non-hydrogen) atoms. The van der Waals surface area contributed by atoms with Crippen LogP contribution in [-0.4, -0.2) is 25.6 Å². The van der Waals surface area contributed by atoms with Crippen LogP contribution in [0.5, 0.6) is 5.75 Å². The van der Waals surface area contributed by atoms with Gasteiger partial charge in [-0.05, 0) is 37.0 Å². The minimum atomic E-state index is -0.246. The highest BCUT2D eigenvalue weighted by atomic mass is 16.7. The van der Waals surface area contributed by atoms with E-state index in [0.29, 0.717) is 0 Å². The fourth-order valence-electron chi connectivity index (χ4n) is 2.97. The van der Waals surface area contributed by atoms with Gasteiger partial charge in [-0.3, -0.25) is 0 Å². The van der Waals surface area contributed by atoms with Crippen LogP contribution >= 0.6 is 0 Å². The standard InChI is InChI=1S/C15H20O3/c1-16-13-5-2-4-12(10-13)11-14-6-8-15(18-14)7-3-9-17-15/h2,4-5,10,14H,3,6-9,11H2,1H3. The normalized spacial score (nSPS) is 31.1. The highest BCUT2D eigenvalue weighted by Crippen LogP contribution is 2.40. The minimum Gasteiger partial charge on any atom is -0.497 e. The van der Waals surface area contributed by atoms with Crippen molar-refractivity contribution >= 4 is 0 Å². The Morgan fingerprint density at radius 1 is 1.39 bits per heavy atom. The van der Waals surface area contributed by atoms with Crippen LogP contribution in [0.15, 0.2) is 24.3 Å². The Bertz CT molecular complexity index is 410. The summed E-state index contributed by atoms with van der Waals surface area (Å²) >= 11 is 0. The van der Waals surface area contributed by atoms with Crippen molar-refractivity contribution in [3.8, 4) is 5.75 Å². The average Bonchev–Trinajstić information content (AvgIpc) is 3.01. The van der Waals surface area contributed by atoms with E-state index in [4.69, 9.17) is 14.2 Å². The third-order valence-electron chi connectivity index (χ3n) is 3.89. The van der Waals surface area contributed by atoms with Crippen molar-refractivity contribution in [1.29, 1.82) is 0 Å². The zero-order chi connectivity index (χ0) is 12.4. The van der Waals surface area contributed by atoms with Gasteiger partial charge in [-0.15, -0.1) is 0 Å². The van der Waals surface area contributed by atoms with Crippen LogP contribution in [0.25, 0.3) is 0 Å². The molecule has 1 aromatic carbocycles. The molecule has 1 spiro atoms. The predicted octanol–water partition coefficient (Wildman–Crippen LogP) is 2.92. The lowest BCUT2D eigenvalue weighted by Crippen LogP contribution is -2.28. The number of ether oxygens (including phenoxy) is 3. The molecule has 2 aliphatic rings. The molecule has 98 valence electrons. The van der Waals surface area contributed by atoms with Gasteiger partial charge < -0.3 is 14.2 Å². The lowest BCUT2D eigenvalue weighted by atomic mass is 10.0. The maximum atomic E-state index is 6.12. The number of methoxy groups -OCH3 is 1. The van der Waals surface area contributed by atoms with E-state index in [9.17, 15) is 0 Å². The van der Waals surface area contributed by atoms with Gasteiger partial charge in [-0.1, -0.05) is 12.1 Å². The Labute approximate surface area is 108 Å². The van der Waals surface area contributed by atoms with Crippen LogP contribution < -0.4 is 4.74 Å². The molecule has 3 rings (SSSR count). The van der Waals surface area contributed by atoms with Gasteiger partial charge >= 0.3 is 0 Å². The zero-order valence-electron chi connectivity index (χ0n) is 10.9. The summed E-state index contributed by atoms with van der Waals surface area (Å²) in [5.74, 6) is 0.668. The van der Waals surface area contributed by atoms with Crippen LogP contribution in [0.4, 0.5) is 0 Å². The quantitative estimate of drug-likeness (QED) is 0.823. The van der Waals surface area contributed by atoms with E-state index in [2.05, 4.69) is 12.1 Å². The molecule has 0 N–H and O–H groups in total. The summed E-state index contributed by atoms with van der Waals surface area (Å²) in [6, 6.07) is 8.22. The van der Waals surface area contributed by atoms with E-state index < -0.39 is 0 Å². The Balaban J connectivity index is 1.63. The van der Waals surface area contributed by atoms with Crippen molar-refractivity contribution in [1.82, 2.24) is 0 Å². The van der Waals surface area contributed by atoms with Crippen molar-refractivity contribution in [2.75, 3.05) is 13.7 Å². The monoisotopic (exact) mass is 248 g/mol. The molecule has 2 heterocycles. The second kappa shape index (κ2) is 4.90. The maximum absolute atomic E-state index is 6.12. The molecule has 2 unspecified atom stereocenters. The van der Waals surface area contributed by atoms with Gasteiger partial charge in [0.15, 0.2) is 5.79 Å². The lowest BCUT2D eigenvalue weighted by Gasteiger charge is -2.23. The summed E-state index contributed by atoms with van der Waals surface area (Å²) in [6.45, 7) is 0.853. The summed E-state index contributed by atoms with van der Waals surface area (Å²) < 4.78 is 17.1. The molecule has 3 heteroatoms. The topological polar surface area (TPSA) is 27.7 Å². The molecule has 0 amide bonds. The summed E-state index contributed by atoms with van der Waals surface area (Å²) in [5, 5.41) is 0. The first-order valence-electron chi connectivity index (χ1n) is 6.74. The molecular formula is C15H20O3. The minimum absolute atomic E-state index is 0.246. The van der Waals surface area contributed by atoms with Crippen molar-refractivity contribution in [3.05, 3.63) is 29.8 Å². The third-order valence-corrected chi connectivity index (χ3v) is 3.89. The van der Waals surface area contributed by atoms with E-state index in [1.165, 1.54) is 5.56 Å². The molecule has 1 aromatic rings. The molecule has 2 atom stereocenters. The first kappa shape index (κ1) is 12.0. The molecule has 2 saturated heterocycles. The average molecular weight is 248 g/mol. The number of hydrogen-bond acceptors (Lipinski definition) is 3. The van der Waals surface area contributed by atoms with Crippen LogP contribution in [0.2, 0.25) is 0 Å². The SMILES string of the molecule is COc1cccc(CC2CCC3(CCCO3)O2)c1. The fraction of sp³-hybridized carbons (Fsp3) is 0.600. The molecule has 2 fully saturated rings. The van der Waals surface area contributed by atoms with Gasteiger partial charge in [0.25, 0.3) is 0 Å². The first-order chi connectivity index (χ1) is 8.80. The van der Waals surface area contributed by atoms with E-state index in [-0.39, 0.29) is 11.9 Å². The van der Waals surface area contributed by atoms with Gasteiger partial charge in [0, 0.05) is 12.8 Å². The molecule has 2 aliphatic heterocycles. The van der Waals surface area contributed by atoms with Gasteiger partial charge in [0.2, 0.25) is 0 Å². The van der Waals surface area contributed by atoms with E-state index in [1.807, 2.05) is 12.1 Å². The Hall–Kier alpha value is -1.06. The molecule has 3 nitrogen and oxygen atoms in total. The third kappa shape index (κ3) is 2.38. The molecule has 0 bridgehead atoms. The molecular weight excluding hydrogens is 228 g/mol. The number of benzene rings is 1. The van der Waals surface area contributed by atoms with E-state index in [1.54, 1.807) is 7.11 Å². The van der Waals surface area contributed by atoms with Gasteiger partial charge in [-0.25, -0.2) is 0 Å². The lowest BCUT2D eigenvalue weighted by molar-refractivity contribution is -0.198. The second-order valence-corrected chi connectivity index (χ2v) is 5.20. The first-order valence-corrected chi connectivity index (χ1v) is 6.74. The van der Waals surface area contributed by atoms with E-state index >= 15 is 0 Å². The summed E-state index contributed by atoms with van der Waals surface area (Å²) in [5.41, 5.74) is 1.27. The van der Waals surface area contributed by atoms with Crippen LogP contribution in [0.1, 0.15) is 31.2 Å². The van der Waals surface area contributed by atoms with Crippen LogP contribution in [0.3, 0.4) is 0 Å². The van der Waals surface area contributed by atoms with Crippen molar-refractivity contribution in [3.63, 3.8) is 0 Å². The fourth-order valence-corrected chi connectivity index (χ4v) is 2.97. The Morgan fingerprint density at radius 2 is 2.33 bits per heavy atom. The smallest absolute Gasteiger partial charge is 0.168 e. The van der Waals surface area contributed by atoms with Crippen molar-refractivity contribution in [2.24, 2.45) is 0 Å². The predicted molar refractivity (Wildman–Crippen MR) is 68.7 cm³/mol. The molecule has 0 aliphatic carbocycles. The van der Waals surface area contributed by atoms with Crippen LogP contribution in [0, 0.1) is 0 Å². The largest absolute Gasteiger partial charge is 0.497 e. The molecule has 0 aromatic heterocycles. The van der Waals surface area contributed by atoms with Crippen molar-refractivity contribution in [2.45, 2.75) is 44.0 Å². The highest BCUT2D eigenvalue weighted by molar-refractivity contribution is 5.28. The summed E-state index contributed by atoms with van der Waals surface area (Å²) in [4.78, 5) is 0. The molecule has 0 saturated carbocycles. The maximum Gasteiger partial charge on any atom is 0.168 e. The van der Waals surface area contributed by atoms with Crippen molar-refractivity contribution < 1.29 is 14.2 Å². The summed E-state index contributed by atoms with van der Waals surface area (Å²) in [7, 11) is 1.70. The zero-order valence-corrected chi connectivity index (χ0v) is 10.9. The summed E-state index contributed by atoms with van der Waals surface area (Å²) in [6.07, 6.45) is 5.56. The number of rotatable bonds is 3. The highest BCUT2D eigenvalue weighted by Gasteiger charge is 2.43.